The fourth-order valence-corrected chi connectivity index (χ4v) is 1.62. The third-order valence-electron chi connectivity index (χ3n) is 2.81. The molecule has 0 aliphatic rings. The van der Waals surface area contributed by atoms with Crippen LogP contribution < -0.4 is 0 Å². The van der Waals surface area contributed by atoms with Gasteiger partial charge >= 0.3 is 5.97 Å². The van der Waals surface area contributed by atoms with Crippen molar-refractivity contribution in [2.24, 2.45) is 0 Å². The molecule has 1 heterocycles. The van der Waals surface area contributed by atoms with Crippen LogP contribution in [0.2, 0.25) is 0 Å². The number of carbonyl (C=O) groups is 1. The molecule has 0 aliphatic carbocycles. The lowest BCUT2D eigenvalue weighted by molar-refractivity contribution is -0.137. The molecule has 2 rings (SSSR count). The summed E-state index contributed by atoms with van der Waals surface area (Å²) in [4.78, 5) is 11.9. The van der Waals surface area contributed by atoms with E-state index in [1.54, 1.807) is 0 Å². The van der Waals surface area contributed by atoms with Gasteiger partial charge in [0.2, 0.25) is 0 Å². The van der Waals surface area contributed by atoms with E-state index >= 15 is 0 Å². The van der Waals surface area contributed by atoms with Crippen LogP contribution in [-0.2, 0) is 11.2 Å². The quantitative estimate of drug-likeness (QED) is 0.879. The summed E-state index contributed by atoms with van der Waals surface area (Å²) in [7, 11) is 0. The molecule has 0 unspecified atom stereocenters. The molecule has 0 saturated heterocycles. The van der Waals surface area contributed by atoms with Crippen LogP contribution in [0.1, 0.15) is 23.4 Å². The summed E-state index contributed by atoms with van der Waals surface area (Å²) in [6, 6.07) is 5.85. The van der Waals surface area contributed by atoms with E-state index in [4.69, 9.17) is 5.11 Å². The zero-order valence-electron chi connectivity index (χ0n) is 10.3. The molecule has 0 fully saturated rings. The monoisotopic (exact) mass is 246 g/mol. The first-order valence-corrected chi connectivity index (χ1v) is 5.65. The van der Waals surface area contributed by atoms with Crippen LogP contribution in [0.3, 0.4) is 0 Å². The number of nitrogens with zero attached hydrogens (tertiary/aromatic N) is 4. The Bertz CT molecular complexity index is 577. The molecule has 6 nitrogen and oxygen atoms in total. The van der Waals surface area contributed by atoms with Gasteiger partial charge in [-0.3, -0.25) is 4.79 Å². The number of aliphatic carboxylic acids is 1. The van der Waals surface area contributed by atoms with Crippen LogP contribution in [0.4, 0.5) is 0 Å². The molecule has 1 aromatic carbocycles. The lowest BCUT2D eigenvalue weighted by atomic mass is 10.1. The SMILES string of the molecule is Cc1cccc(-n2nnc(CCC(=O)O)n2)c1C. The van der Waals surface area contributed by atoms with Crippen LogP contribution >= 0.6 is 0 Å². The van der Waals surface area contributed by atoms with Crippen LogP contribution in [0.15, 0.2) is 18.2 Å². The molecule has 0 aliphatic heterocycles. The third kappa shape index (κ3) is 2.53. The third-order valence-corrected chi connectivity index (χ3v) is 2.81. The van der Waals surface area contributed by atoms with Gasteiger partial charge in [-0.2, -0.15) is 0 Å². The van der Waals surface area contributed by atoms with Gasteiger partial charge in [0.15, 0.2) is 5.82 Å². The average molecular weight is 246 g/mol. The zero-order valence-corrected chi connectivity index (χ0v) is 10.3. The molecular weight excluding hydrogens is 232 g/mol. The van der Waals surface area contributed by atoms with Gasteiger partial charge in [0, 0.05) is 6.42 Å². The second kappa shape index (κ2) is 4.95. The van der Waals surface area contributed by atoms with Gasteiger partial charge in [-0.15, -0.1) is 15.0 Å². The standard InChI is InChI=1S/C12H14N4O2/c1-8-4-3-5-10(9(8)2)16-14-11(13-15-16)6-7-12(17)18/h3-5H,6-7H2,1-2H3,(H,17,18). The summed E-state index contributed by atoms with van der Waals surface area (Å²) in [5.41, 5.74) is 3.10. The van der Waals surface area contributed by atoms with Gasteiger partial charge in [-0.05, 0) is 36.3 Å². The number of rotatable bonds is 4. The Morgan fingerprint density at radius 1 is 1.39 bits per heavy atom. The minimum absolute atomic E-state index is 0.0124. The van der Waals surface area contributed by atoms with E-state index in [-0.39, 0.29) is 6.42 Å². The van der Waals surface area contributed by atoms with Gasteiger partial charge in [-0.25, -0.2) is 0 Å². The number of hydrogen-bond acceptors (Lipinski definition) is 4. The predicted octanol–water partition coefficient (Wildman–Crippen LogP) is 1.30. The van der Waals surface area contributed by atoms with Gasteiger partial charge in [0.25, 0.3) is 0 Å². The van der Waals surface area contributed by atoms with Crippen molar-refractivity contribution in [2.75, 3.05) is 0 Å². The average Bonchev–Trinajstić information content (AvgIpc) is 2.78. The van der Waals surface area contributed by atoms with Gasteiger partial charge in [-0.1, -0.05) is 12.1 Å². The number of aryl methyl sites for hydroxylation is 2. The first-order valence-electron chi connectivity index (χ1n) is 5.65. The minimum atomic E-state index is -0.863. The first kappa shape index (κ1) is 12.2. The topological polar surface area (TPSA) is 80.9 Å². The minimum Gasteiger partial charge on any atom is -0.481 e. The zero-order chi connectivity index (χ0) is 13.1. The second-order valence-corrected chi connectivity index (χ2v) is 4.11. The molecule has 1 aromatic heterocycles. The van der Waals surface area contributed by atoms with E-state index in [9.17, 15) is 4.79 Å². The van der Waals surface area contributed by atoms with E-state index in [1.165, 1.54) is 4.80 Å². The number of tetrazole rings is 1. The maximum atomic E-state index is 10.5. The normalized spacial score (nSPS) is 10.6. The molecule has 18 heavy (non-hydrogen) atoms. The van der Waals surface area contributed by atoms with Crippen molar-refractivity contribution in [1.29, 1.82) is 0 Å². The Morgan fingerprint density at radius 3 is 2.89 bits per heavy atom. The second-order valence-electron chi connectivity index (χ2n) is 4.11. The number of aromatic nitrogens is 4. The summed E-state index contributed by atoms with van der Waals surface area (Å²) in [6.45, 7) is 4.01. The highest BCUT2D eigenvalue weighted by molar-refractivity contribution is 5.66. The number of carboxylic acid groups (broad SMARTS) is 1. The number of benzene rings is 1. The van der Waals surface area contributed by atoms with Crippen LogP contribution in [-0.4, -0.2) is 31.3 Å². The fraction of sp³-hybridized carbons (Fsp3) is 0.333. The van der Waals surface area contributed by atoms with Crippen LogP contribution in [0.25, 0.3) is 5.69 Å². The molecule has 0 saturated carbocycles. The van der Waals surface area contributed by atoms with Crippen molar-refractivity contribution >= 4 is 5.97 Å². The van der Waals surface area contributed by atoms with Crippen molar-refractivity contribution in [3.63, 3.8) is 0 Å². The Kier molecular flexibility index (Phi) is 3.36. The van der Waals surface area contributed by atoms with E-state index < -0.39 is 5.97 Å². The molecule has 6 heteroatoms. The fourth-order valence-electron chi connectivity index (χ4n) is 1.62. The highest BCUT2D eigenvalue weighted by Gasteiger charge is 2.09. The van der Waals surface area contributed by atoms with Crippen molar-refractivity contribution in [3.05, 3.63) is 35.2 Å². The van der Waals surface area contributed by atoms with E-state index in [0.29, 0.717) is 12.2 Å². The molecule has 0 spiro atoms. The predicted molar refractivity (Wildman–Crippen MR) is 64.6 cm³/mol. The molecule has 0 atom stereocenters. The van der Waals surface area contributed by atoms with Crippen LogP contribution in [0.5, 0.6) is 0 Å². The maximum absolute atomic E-state index is 10.5. The number of carboxylic acids is 1. The summed E-state index contributed by atoms with van der Waals surface area (Å²) in [5.74, 6) is -0.420. The summed E-state index contributed by atoms with van der Waals surface area (Å²) in [6.07, 6.45) is 0.304. The van der Waals surface area contributed by atoms with Crippen LogP contribution in [0, 0.1) is 13.8 Å². The Balaban J connectivity index is 2.24. The molecule has 0 amide bonds. The first-order chi connectivity index (χ1) is 8.58. The van der Waals surface area contributed by atoms with E-state index in [0.717, 1.165) is 16.8 Å². The van der Waals surface area contributed by atoms with Crippen molar-refractivity contribution in [3.8, 4) is 5.69 Å². The van der Waals surface area contributed by atoms with Crippen molar-refractivity contribution in [2.45, 2.75) is 26.7 Å². The summed E-state index contributed by atoms with van der Waals surface area (Å²) in [5, 5.41) is 20.6. The van der Waals surface area contributed by atoms with Gasteiger partial charge < -0.3 is 5.11 Å². The number of hydrogen-bond donors (Lipinski definition) is 1. The summed E-state index contributed by atoms with van der Waals surface area (Å²) >= 11 is 0. The lowest BCUT2D eigenvalue weighted by Crippen LogP contribution is -2.03. The summed E-state index contributed by atoms with van der Waals surface area (Å²) < 4.78 is 0. The van der Waals surface area contributed by atoms with Gasteiger partial charge in [0.1, 0.15) is 0 Å². The largest absolute Gasteiger partial charge is 0.481 e. The molecule has 1 N–H and O–H groups in total. The van der Waals surface area contributed by atoms with Gasteiger partial charge in [0.05, 0.1) is 12.1 Å². The molecule has 2 aromatic rings. The highest BCUT2D eigenvalue weighted by Crippen LogP contribution is 2.15. The molecule has 0 bridgehead atoms. The maximum Gasteiger partial charge on any atom is 0.303 e. The Morgan fingerprint density at radius 2 is 2.17 bits per heavy atom. The van der Waals surface area contributed by atoms with E-state index in [2.05, 4.69) is 15.4 Å². The highest BCUT2D eigenvalue weighted by atomic mass is 16.4. The molecular formula is C12H14N4O2. The van der Waals surface area contributed by atoms with E-state index in [1.807, 2.05) is 32.0 Å². The molecule has 0 radical (unpaired) electrons. The molecule has 94 valence electrons. The van der Waals surface area contributed by atoms with Crippen molar-refractivity contribution in [1.82, 2.24) is 20.2 Å². The lowest BCUT2D eigenvalue weighted by Gasteiger charge is -2.05. The smallest absolute Gasteiger partial charge is 0.303 e. The Labute approximate surface area is 104 Å². The van der Waals surface area contributed by atoms with Crippen molar-refractivity contribution < 1.29 is 9.90 Å². The Hall–Kier alpha value is -2.24.